The zero-order chi connectivity index (χ0) is 39.8. The molecule has 0 atom stereocenters. The van der Waals surface area contributed by atoms with Crippen molar-refractivity contribution >= 4 is 109 Å². The third-order valence-electron chi connectivity index (χ3n) is 12.5. The molecule has 14 rings (SSSR count). The van der Waals surface area contributed by atoms with Gasteiger partial charge in [0.1, 0.15) is 33.5 Å². The van der Waals surface area contributed by atoms with Gasteiger partial charge in [-0.25, -0.2) is 15.0 Å². The van der Waals surface area contributed by atoms with Crippen LogP contribution in [0.1, 0.15) is 0 Å². The normalized spacial score (nSPS) is 12.3. The molecule has 61 heavy (non-hydrogen) atoms. The maximum atomic E-state index is 6.94. The average molecular weight is 780 g/mol. The van der Waals surface area contributed by atoms with E-state index in [2.05, 4.69) is 146 Å². The van der Waals surface area contributed by atoms with Crippen molar-refractivity contribution < 1.29 is 13.3 Å². The van der Waals surface area contributed by atoms with Gasteiger partial charge < -0.3 is 13.3 Å². The topological polar surface area (TPSA) is 78.1 Å². The lowest BCUT2D eigenvalue weighted by Crippen LogP contribution is -2.01. The van der Waals surface area contributed by atoms with E-state index in [4.69, 9.17) is 28.2 Å². The molecule has 4 heterocycles. The van der Waals surface area contributed by atoms with Crippen LogP contribution in [-0.4, -0.2) is 15.0 Å². The maximum Gasteiger partial charge on any atom is 0.167 e. The van der Waals surface area contributed by atoms with Crippen molar-refractivity contribution in [3.63, 3.8) is 0 Å². The Bertz CT molecular complexity index is 3980. The zero-order valence-corrected chi connectivity index (χ0v) is 32.3. The number of hydrogen-bond donors (Lipinski definition) is 0. The number of furan rings is 3. The Kier molecular flexibility index (Phi) is 6.46. The van der Waals surface area contributed by atoms with Gasteiger partial charge in [-0.1, -0.05) is 140 Å². The van der Waals surface area contributed by atoms with Crippen LogP contribution in [-0.2, 0) is 0 Å². The lowest BCUT2D eigenvalue weighted by atomic mass is 9.96. The van der Waals surface area contributed by atoms with Gasteiger partial charge in [0, 0.05) is 37.9 Å². The van der Waals surface area contributed by atoms with Crippen molar-refractivity contribution in [1.29, 1.82) is 0 Å². The molecular weight excluding hydrogens is 751 g/mol. The highest BCUT2D eigenvalue weighted by atomic mass is 16.3. The molecule has 0 bridgehead atoms. The molecule has 4 aromatic heterocycles. The van der Waals surface area contributed by atoms with E-state index in [9.17, 15) is 0 Å². The fourth-order valence-electron chi connectivity index (χ4n) is 9.80. The van der Waals surface area contributed by atoms with Crippen LogP contribution in [0, 0.1) is 0 Å². The minimum absolute atomic E-state index is 0.492. The summed E-state index contributed by atoms with van der Waals surface area (Å²) in [6.45, 7) is 0. The lowest BCUT2D eigenvalue weighted by Gasteiger charge is -2.12. The van der Waals surface area contributed by atoms with Gasteiger partial charge in [-0.2, -0.15) is 0 Å². The smallest absolute Gasteiger partial charge is 0.167 e. The summed E-state index contributed by atoms with van der Waals surface area (Å²) in [5.41, 5.74) is 7.01. The molecule has 0 saturated carbocycles. The second kappa shape index (κ2) is 12.1. The minimum Gasteiger partial charge on any atom is -0.456 e. The van der Waals surface area contributed by atoms with Crippen LogP contribution in [0.25, 0.3) is 143 Å². The van der Waals surface area contributed by atoms with E-state index in [1.807, 2.05) is 30.3 Å². The van der Waals surface area contributed by atoms with Gasteiger partial charge in [0.15, 0.2) is 17.5 Å². The fourth-order valence-corrected chi connectivity index (χ4v) is 9.80. The standard InChI is InChI=1S/C55H29N3O3/c1-5-16-34-30(12-1)24-26-44-47(34)49-36-18-7-3-14-32(36)28-40(51(49)60-44)54-56-53(39-21-11-23-43-46(39)38-20-9-10-22-42(38)59-43)57-55(58-54)41-29-33-15-4-8-19-37(33)50-48-35-17-6-2-13-31(35)25-27-45(48)61-52(41)50/h1-29H. The lowest BCUT2D eigenvalue weighted by molar-refractivity contribution is 0.668. The molecule has 0 unspecified atom stereocenters. The number of para-hydroxylation sites is 1. The highest BCUT2D eigenvalue weighted by Crippen LogP contribution is 2.46. The Morgan fingerprint density at radius 3 is 1.21 bits per heavy atom. The van der Waals surface area contributed by atoms with Crippen molar-refractivity contribution in [2.24, 2.45) is 0 Å². The molecular formula is C55H29N3O3. The zero-order valence-electron chi connectivity index (χ0n) is 32.3. The van der Waals surface area contributed by atoms with Crippen molar-refractivity contribution in [1.82, 2.24) is 15.0 Å². The third-order valence-corrected chi connectivity index (χ3v) is 12.5. The van der Waals surface area contributed by atoms with Gasteiger partial charge in [-0.05, 0) is 79.5 Å². The van der Waals surface area contributed by atoms with Crippen LogP contribution in [0.2, 0.25) is 0 Å². The first-order valence-electron chi connectivity index (χ1n) is 20.4. The van der Waals surface area contributed by atoms with E-state index < -0.39 is 0 Å². The Hall–Kier alpha value is -8.35. The third kappa shape index (κ3) is 4.58. The summed E-state index contributed by atoms with van der Waals surface area (Å²) >= 11 is 0. The van der Waals surface area contributed by atoms with Gasteiger partial charge >= 0.3 is 0 Å². The van der Waals surface area contributed by atoms with Gasteiger partial charge in [0.2, 0.25) is 0 Å². The van der Waals surface area contributed by atoms with Gasteiger partial charge in [-0.15, -0.1) is 0 Å². The van der Waals surface area contributed by atoms with Crippen LogP contribution in [0.3, 0.4) is 0 Å². The Morgan fingerprint density at radius 1 is 0.262 bits per heavy atom. The minimum atomic E-state index is 0.492. The number of benzene rings is 10. The monoisotopic (exact) mass is 779 g/mol. The van der Waals surface area contributed by atoms with E-state index in [1.165, 1.54) is 0 Å². The Balaban J connectivity index is 1.14. The maximum absolute atomic E-state index is 6.94. The first-order chi connectivity index (χ1) is 30.2. The largest absolute Gasteiger partial charge is 0.456 e. The molecule has 0 aliphatic rings. The molecule has 6 heteroatoms. The summed E-state index contributed by atoms with van der Waals surface area (Å²) in [5, 5.41) is 15.0. The van der Waals surface area contributed by atoms with Crippen LogP contribution in [0.4, 0.5) is 0 Å². The van der Waals surface area contributed by atoms with Crippen molar-refractivity contribution in [3.05, 3.63) is 176 Å². The van der Waals surface area contributed by atoms with Crippen LogP contribution < -0.4 is 0 Å². The van der Waals surface area contributed by atoms with Crippen molar-refractivity contribution in [3.8, 4) is 34.2 Å². The molecule has 282 valence electrons. The molecule has 0 fully saturated rings. The summed E-state index contributed by atoms with van der Waals surface area (Å²) in [7, 11) is 0. The number of nitrogens with zero attached hydrogens (tertiary/aromatic N) is 3. The number of rotatable bonds is 3. The van der Waals surface area contributed by atoms with Crippen LogP contribution >= 0.6 is 0 Å². The number of hydrogen-bond acceptors (Lipinski definition) is 6. The van der Waals surface area contributed by atoms with Gasteiger partial charge in [0.25, 0.3) is 0 Å². The summed E-state index contributed by atoms with van der Waals surface area (Å²) in [5.74, 6) is 1.50. The van der Waals surface area contributed by atoms with E-state index in [0.29, 0.717) is 17.5 Å². The van der Waals surface area contributed by atoms with E-state index in [-0.39, 0.29) is 0 Å². The van der Waals surface area contributed by atoms with Crippen molar-refractivity contribution in [2.45, 2.75) is 0 Å². The van der Waals surface area contributed by atoms with E-state index >= 15 is 0 Å². The highest BCUT2D eigenvalue weighted by molar-refractivity contribution is 6.30. The molecule has 6 nitrogen and oxygen atoms in total. The van der Waals surface area contributed by atoms with E-state index in [0.717, 1.165) is 126 Å². The molecule has 0 aliphatic heterocycles. The predicted molar refractivity (Wildman–Crippen MR) is 248 cm³/mol. The molecule has 0 amide bonds. The first-order valence-corrected chi connectivity index (χ1v) is 20.4. The van der Waals surface area contributed by atoms with Gasteiger partial charge in [0.05, 0.1) is 11.1 Å². The second-order valence-electron chi connectivity index (χ2n) is 15.8. The molecule has 0 saturated heterocycles. The Labute approximate surface area is 345 Å². The fraction of sp³-hybridized carbons (Fsp3) is 0. The SMILES string of the molecule is c1ccc2c(c1)ccc1oc3c(-c4nc(-c5cc6ccccc6c6c5oc5ccc7ccccc7c56)nc(-c5cccc6oc7ccccc7c56)n4)cc4ccccc4c3c12. The summed E-state index contributed by atoms with van der Waals surface area (Å²) < 4.78 is 20.3. The molecule has 0 radical (unpaired) electrons. The summed E-state index contributed by atoms with van der Waals surface area (Å²) in [6, 6.07) is 60.8. The molecule has 0 aliphatic carbocycles. The van der Waals surface area contributed by atoms with Crippen molar-refractivity contribution in [2.75, 3.05) is 0 Å². The number of aromatic nitrogens is 3. The summed E-state index contributed by atoms with van der Waals surface area (Å²) in [4.78, 5) is 16.2. The molecule has 0 N–H and O–H groups in total. The second-order valence-corrected chi connectivity index (χ2v) is 15.8. The van der Waals surface area contributed by atoms with E-state index in [1.54, 1.807) is 0 Å². The molecule has 14 aromatic rings. The number of fused-ring (bicyclic) bond motifs is 17. The first kappa shape index (κ1) is 32.6. The average Bonchev–Trinajstić information content (AvgIpc) is 4.03. The quantitative estimate of drug-likeness (QED) is 0.178. The Morgan fingerprint density at radius 2 is 0.672 bits per heavy atom. The molecule has 10 aromatic carbocycles. The van der Waals surface area contributed by atoms with Gasteiger partial charge in [-0.3, -0.25) is 0 Å². The summed E-state index contributed by atoms with van der Waals surface area (Å²) in [6.07, 6.45) is 0. The highest BCUT2D eigenvalue weighted by Gasteiger charge is 2.25. The van der Waals surface area contributed by atoms with Crippen LogP contribution in [0.5, 0.6) is 0 Å². The molecule has 0 spiro atoms. The van der Waals surface area contributed by atoms with Crippen LogP contribution in [0.15, 0.2) is 189 Å². The predicted octanol–water partition coefficient (Wildman–Crippen LogP) is 15.2.